The van der Waals surface area contributed by atoms with Crippen molar-refractivity contribution in [1.29, 1.82) is 0 Å². The van der Waals surface area contributed by atoms with Crippen molar-refractivity contribution in [2.24, 2.45) is 0 Å². The second-order valence-corrected chi connectivity index (χ2v) is 8.26. The van der Waals surface area contributed by atoms with E-state index >= 15 is 0 Å². The van der Waals surface area contributed by atoms with E-state index in [1.807, 2.05) is 12.4 Å². The van der Waals surface area contributed by atoms with Crippen LogP contribution in [0.4, 0.5) is 0 Å². The molecule has 0 saturated carbocycles. The molecule has 2 aliphatic heterocycles. The van der Waals surface area contributed by atoms with Crippen LogP contribution in [0.25, 0.3) is 10.9 Å². The average Bonchev–Trinajstić information content (AvgIpc) is 2.83. The van der Waals surface area contributed by atoms with Gasteiger partial charge in [-0.3, -0.25) is 9.88 Å². The Morgan fingerprint density at radius 1 is 1.19 bits per heavy atom. The minimum absolute atomic E-state index is 0.0660. The van der Waals surface area contributed by atoms with Crippen molar-refractivity contribution in [1.82, 2.24) is 14.5 Å². The van der Waals surface area contributed by atoms with Gasteiger partial charge in [0.05, 0.1) is 12.3 Å². The molecule has 0 bridgehead atoms. The number of hydrogen-bond acceptors (Lipinski definition) is 3. The third-order valence-electron chi connectivity index (χ3n) is 6.07. The van der Waals surface area contributed by atoms with Crippen LogP contribution in [0.15, 0.2) is 42.7 Å². The molecule has 0 radical (unpaired) electrons. The average molecular weight is 347 g/mol. The lowest BCUT2D eigenvalue weighted by Gasteiger charge is -2.31. The highest BCUT2D eigenvalue weighted by molar-refractivity contribution is 5.87. The lowest BCUT2D eigenvalue weighted by molar-refractivity contribution is 0.00183. The quantitative estimate of drug-likeness (QED) is 0.670. The maximum Gasteiger partial charge on any atom is 0.110 e. The van der Waals surface area contributed by atoms with Crippen LogP contribution in [-0.4, -0.2) is 34.7 Å². The van der Waals surface area contributed by atoms with Crippen molar-refractivity contribution in [3.05, 3.63) is 65.1 Å². The number of pyridine rings is 1. The fourth-order valence-electron chi connectivity index (χ4n) is 4.71. The number of rotatable bonds is 1. The zero-order chi connectivity index (χ0) is 17.9. The minimum atomic E-state index is -0.0660. The van der Waals surface area contributed by atoms with Crippen LogP contribution in [0.3, 0.4) is 0 Å². The van der Waals surface area contributed by atoms with Crippen LogP contribution >= 0.6 is 0 Å². The predicted octanol–water partition coefficient (Wildman–Crippen LogP) is 3.82. The van der Waals surface area contributed by atoms with Gasteiger partial charge in [0.2, 0.25) is 0 Å². The second kappa shape index (κ2) is 5.66. The molecule has 0 fully saturated rings. The Kier molecular flexibility index (Phi) is 3.49. The molecule has 2 unspecified atom stereocenters. The summed E-state index contributed by atoms with van der Waals surface area (Å²) in [6.45, 7) is 8.10. The predicted molar refractivity (Wildman–Crippen MR) is 103 cm³/mol. The van der Waals surface area contributed by atoms with Crippen molar-refractivity contribution in [3.8, 4) is 0 Å². The van der Waals surface area contributed by atoms with Gasteiger partial charge < -0.3 is 9.30 Å². The molecule has 5 rings (SSSR count). The maximum atomic E-state index is 6.53. The Balaban J connectivity index is 1.74. The first-order valence-electron chi connectivity index (χ1n) is 9.37. The highest BCUT2D eigenvalue weighted by Gasteiger charge is 2.39. The van der Waals surface area contributed by atoms with E-state index in [0.29, 0.717) is 0 Å². The molecule has 2 aromatic heterocycles. The SMILES string of the molecule is Cc1ccc2c(c1)c1c3n2CC(C)(c2ccncc2)COC3CN(C)C1. The van der Waals surface area contributed by atoms with Crippen LogP contribution in [0.2, 0.25) is 0 Å². The molecular weight excluding hydrogens is 322 g/mol. The summed E-state index contributed by atoms with van der Waals surface area (Å²) in [6, 6.07) is 11.1. The summed E-state index contributed by atoms with van der Waals surface area (Å²) in [5, 5.41) is 1.39. The highest BCUT2D eigenvalue weighted by Crippen LogP contribution is 2.42. The largest absolute Gasteiger partial charge is 0.370 e. The van der Waals surface area contributed by atoms with Crippen LogP contribution in [0.1, 0.15) is 35.4 Å². The summed E-state index contributed by atoms with van der Waals surface area (Å²) in [4.78, 5) is 6.58. The summed E-state index contributed by atoms with van der Waals surface area (Å²) < 4.78 is 9.06. The molecule has 0 aliphatic carbocycles. The third-order valence-corrected chi connectivity index (χ3v) is 6.07. The Morgan fingerprint density at radius 3 is 2.81 bits per heavy atom. The van der Waals surface area contributed by atoms with Gasteiger partial charge in [-0.1, -0.05) is 18.6 Å². The Hall–Kier alpha value is -2.17. The van der Waals surface area contributed by atoms with Crippen molar-refractivity contribution in [2.75, 3.05) is 20.2 Å². The normalized spacial score (nSPS) is 25.9. The van der Waals surface area contributed by atoms with Gasteiger partial charge >= 0.3 is 0 Å². The van der Waals surface area contributed by atoms with Gasteiger partial charge in [0, 0.05) is 48.3 Å². The first-order chi connectivity index (χ1) is 12.5. The first-order valence-corrected chi connectivity index (χ1v) is 9.37. The fraction of sp³-hybridized carbons (Fsp3) is 0.409. The molecule has 4 heteroatoms. The Labute approximate surface area is 154 Å². The monoisotopic (exact) mass is 347 g/mol. The minimum Gasteiger partial charge on any atom is -0.370 e. The number of likely N-dealkylation sites (N-methyl/N-ethyl adjacent to an activating group) is 1. The smallest absolute Gasteiger partial charge is 0.110 e. The van der Waals surface area contributed by atoms with E-state index in [1.54, 1.807) is 0 Å². The fourth-order valence-corrected chi connectivity index (χ4v) is 4.71. The van der Waals surface area contributed by atoms with E-state index in [2.05, 4.69) is 65.7 Å². The van der Waals surface area contributed by atoms with Crippen molar-refractivity contribution in [3.63, 3.8) is 0 Å². The third kappa shape index (κ3) is 2.32. The second-order valence-electron chi connectivity index (χ2n) is 8.26. The van der Waals surface area contributed by atoms with Gasteiger partial charge in [-0.25, -0.2) is 0 Å². The first kappa shape index (κ1) is 16.0. The molecule has 4 heterocycles. The van der Waals surface area contributed by atoms with Crippen LogP contribution in [0.5, 0.6) is 0 Å². The number of aromatic nitrogens is 2. The highest BCUT2D eigenvalue weighted by atomic mass is 16.5. The van der Waals surface area contributed by atoms with Crippen LogP contribution in [-0.2, 0) is 23.2 Å². The van der Waals surface area contributed by atoms with Gasteiger partial charge in [-0.15, -0.1) is 0 Å². The molecule has 3 aromatic rings. The Morgan fingerprint density at radius 2 is 2.00 bits per heavy atom. The summed E-state index contributed by atoms with van der Waals surface area (Å²) in [7, 11) is 2.19. The molecule has 1 aromatic carbocycles. The molecule has 2 atom stereocenters. The summed E-state index contributed by atoms with van der Waals surface area (Å²) >= 11 is 0. The topological polar surface area (TPSA) is 30.3 Å². The van der Waals surface area contributed by atoms with Gasteiger partial charge in [0.25, 0.3) is 0 Å². The number of aryl methyl sites for hydroxylation is 1. The van der Waals surface area contributed by atoms with Crippen LogP contribution < -0.4 is 0 Å². The van der Waals surface area contributed by atoms with E-state index in [4.69, 9.17) is 4.74 Å². The zero-order valence-corrected chi connectivity index (χ0v) is 15.7. The lowest BCUT2D eigenvalue weighted by Crippen LogP contribution is -2.33. The molecule has 0 N–H and O–H groups in total. The molecular formula is C22H25N3O. The zero-order valence-electron chi connectivity index (χ0n) is 15.7. The van der Waals surface area contributed by atoms with Crippen molar-refractivity contribution >= 4 is 10.9 Å². The number of ether oxygens (including phenoxy) is 1. The van der Waals surface area contributed by atoms with Gasteiger partial charge in [0.1, 0.15) is 6.10 Å². The van der Waals surface area contributed by atoms with E-state index in [0.717, 1.165) is 26.2 Å². The van der Waals surface area contributed by atoms with Gasteiger partial charge in [-0.05, 0) is 49.4 Å². The molecule has 4 nitrogen and oxygen atoms in total. The summed E-state index contributed by atoms with van der Waals surface area (Å²) in [6.07, 6.45) is 3.91. The van der Waals surface area contributed by atoms with E-state index in [1.165, 1.54) is 33.3 Å². The molecule has 0 saturated heterocycles. The Bertz CT molecular complexity index is 978. The van der Waals surface area contributed by atoms with Gasteiger partial charge in [0.15, 0.2) is 0 Å². The molecule has 2 aliphatic rings. The number of nitrogens with zero attached hydrogens (tertiary/aromatic N) is 3. The van der Waals surface area contributed by atoms with Crippen molar-refractivity contribution in [2.45, 2.75) is 38.5 Å². The molecule has 26 heavy (non-hydrogen) atoms. The number of benzene rings is 1. The summed E-state index contributed by atoms with van der Waals surface area (Å²) in [5.41, 5.74) is 6.72. The number of hydrogen-bond donors (Lipinski definition) is 0. The van der Waals surface area contributed by atoms with E-state index in [9.17, 15) is 0 Å². The van der Waals surface area contributed by atoms with Crippen molar-refractivity contribution < 1.29 is 4.74 Å². The van der Waals surface area contributed by atoms with E-state index < -0.39 is 0 Å². The lowest BCUT2D eigenvalue weighted by atomic mass is 9.83. The van der Waals surface area contributed by atoms with Crippen LogP contribution in [0, 0.1) is 6.92 Å². The van der Waals surface area contributed by atoms with Gasteiger partial charge in [-0.2, -0.15) is 0 Å². The molecule has 0 amide bonds. The maximum absolute atomic E-state index is 6.53. The summed E-state index contributed by atoms with van der Waals surface area (Å²) in [5.74, 6) is 0. The molecule has 0 spiro atoms. The standard InChI is InChI=1S/C22H25N3O/c1-15-4-5-19-17(10-15)18-11-24(3)12-20-21(18)25(19)13-22(2,14-26-20)16-6-8-23-9-7-16/h4-10,20H,11-14H2,1-3H3. The molecule has 134 valence electrons. The number of fused-ring (bicyclic) bond motifs is 3. The van der Waals surface area contributed by atoms with E-state index in [-0.39, 0.29) is 11.5 Å².